The van der Waals surface area contributed by atoms with E-state index in [1.165, 1.54) is 12.1 Å². The zero-order valence-electron chi connectivity index (χ0n) is 11.8. The lowest BCUT2D eigenvalue weighted by atomic mass is 10.2. The molecule has 0 aromatic heterocycles. The quantitative estimate of drug-likeness (QED) is 0.647. The van der Waals surface area contributed by atoms with E-state index >= 15 is 0 Å². The first-order chi connectivity index (χ1) is 9.36. The minimum Gasteiger partial charge on any atom is -0.399 e. The summed E-state index contributed by atoms with van der Waals surface area (Å²) in [5.41, 5.74) is 6.90. The molecule has 7 heteroatoms. The molecule has 6 nitrogen and oxygen atoms in total. The van der Waals surface area contributed by atoms with Crippen molar-refractivity contribution in [2.75, 3.05) is 18.8 Å². The molecule has 20 heavy (non-hydrogen) atoms. The zero-order chi connectivity index (χ0) is 15.2. The van der Waals surface area contributed by atoms with Crippen LogP contribution >= 0.6 is 0 Å². The van der Waals surface area contributed by atoms with Gasteiger partial charge >= 0.3 is 0 Å². The maximum atomic E-state index is 12.0. The SMILES string of the molecule is CCCNC(=O)CCNS(=O)(=O)c1ccc(N)c(C)c1. The lowest BCUT2D eigenvalue weighted by molar-refractivity contribution is -0.120. The van der Waals surface area contributed by atoms with Crippen LogP contribution in [0, 0.1) is 6.92 Å². The van der Waals surface area contributed by atoms with Crippen LogP contribution in [0.15, 0.2) is 23.1 Å². The van der Waals surface area contributed by atoms with Crippen LogP contribution in [0.1, 0.15) is 25.3 Å². The summed E-state index contributed by atoms with van der Waals surface area (Å²) < 4.78 is 26.4. The fourth-order valence-corrected chi connectivity index (χ4v) is 2.67. The third-order valence-corrected chi connectivity index (χ3v) is 4.23. The smallest absolute Gasteiger partial charge is 0.240 e. The number of benzene rings is 1. The molecule has 0 radical (unpaired) electrons. The monoisotopic (exact) mass is 299 g/mol. The van der Waals surface area contributed by atoms with Crippen LogP contribution < -0.4 is 15.8 Å². The van der Waals surface area contributed by atoms with Gasteiger partial charge in [0.25, 0.3) is 0 Å². The van der Waals surface area contributed by atoms with Crippen molar-refractivity contribution in [3.63, 3.8) is 0 Å². The summed E-state index contributed by atoms with van der Waals surface area (Å²) in [5, 5.41) is 2.68. The third kappa shape index (κ3) is 4.82. The number of aryl methyl sites for hydroxylation is 1. The highest BCUT2D eigenvalue weighted by Crippen LogP contribution is 2.16. The van der Waals surface area contributed by atoms with E-state index in [4.69, 9.17) is 5.73 Å². The Morgan fingerprint density at radius 3 is 2.60 bits per heavy atom. The predicted molar refractivity (Wildman–Crippen MR) is 78.7 cm³/mol. The Kier molecular flexibility index (Phi) is 5.97. The first kappa shape index (κ1) is 16.5. The largest absolute Gasteiger partial charge is 0.399 e. The number of nitrogens with two attached hydrogens (primary N) is 1. The molecule has 1 aromatic rings. The van der Waals surface area contributed by atoms with Gasteiger partial charge < -0.3 is 11.1 Å². The number of anilines is 1. The van der Waals surface area contributed by atoms with Crippen molar-refractivity contribution in [1.29, 1.82) is 0 Å². The molecule has 112 valence electrons. The summed E-state index contributed by atoms with van der Waals surface area (Å²) >= 11 is 0. The number of sulfonamides is 1. The number of carbonyl (C=O) groups excluding carboxylic acids is 1. The molecule has 0 saturated carbocycles. The van der Waals surface area contributed by atoms with Gasteiger partial charge in [-0.15, -0.1) is 0 Å². The van der Waals surface area contributed by atoms with E-state index in [0.717, 1.165) is 6.42 Å². The van der Waals surface area contributed by atoms with Gasteiger partial charge in [-0.3, -0.25) is 4.79 Å². The van der Waals surface area contributed by atoms with Crippen molar-refractivity contribution >= 4 is 21.6 Å². The highest BCUT2D eigenvalue weighted by atomic mass is 32.2. The molecule has 0 unspecified atom stereocenters. The van der Waals surface area contributed by atoms with Crippen LogP contribution in [0.4, 0.5) is 5.69 Å². The molecular formula is C13H21N3O3S. The zero-order valence-corrected chi connectivity index (χ0v) is 12.6. The number of carbonyl (C=O) groups is 1. The first-order valence-corrected chi connectivity index (χ1v) is 7.97. The first-order valence-electron chi connectivity index (χ1n) is 6.49. The number of nitrogens with one attached hydrogen (secondary N) is 2. The lowest BCUT2D eigenvalue weighted by Crippen LogP contribution is -2.31. The normalized spacial score (nSPS) is 11.3. The Morgan fingerprint density at radius 1 is 1.30 bits per heavy atom. The second-order valence-corrected chi connectivity index (χ2v) is 6.28. The number of rotatable bonds is 7. The van der Waals surface area contributed by atoms with E-state index in [1.54, 1.807) is 13.0 Å². The van der Waals surface area contributed by atoms with Gasteiger partial charge in [0.05, 0.1) is 4.90 Å². The molecule has 0 fully saturated rings. The van der Waals surface area contributed by atoms with Gasteiger partial charge in [0.15, 0.2) is 0 Å². The fourth-order valence-electron chi connectivity index (χ4n) is 1.55. The average molecular weight is 299 g/mol. The van der Waals surface area contributed by atoms with Gasteiger partial charge in [-0.2, -0.15) is 0 Å². The molecule has 0 atom stereocenters. The Balaban J connectivity index is 2.57. The summed E-state index contributed by atoms with van der Waals surface area (Å²) in [7, 11) is -3.60. The molecule has 0 aliphatic rings. The molecule has 1 rings (SSSR count). The van der Waals surface area contributed by atoms with Crippen molar-refractivity contribution in [3.05, 3.63) is 23.8 Å². The van der Waals surface area contributed by atoms with Crippen molar-refractivity contribution < 1.29 is 13.2 Å². The number of amides is 1. The maximum absolute atomic E-state index is 12.0. The third-order valence-electron chi connectivity index (χ3n) is 2.77. The minimum absolute atomic E-state index is 0.0707. The standard InChI is InChI=1S/C13H21N3O3S/c1-3-7-15-13(17)6-8-16-20(18,19)11-4-5-12(14)10(2)9-11/h4-5,9,16H,3,6-8,14H2,1-2H3,(H,15,17). The Bertz CT molecular complexity index is 570. The maximum Gasteiger partial charge on any atom is 0.240 e. The summed E-state index contributed by atoms with van der Waals surface area (Å²) in [6.45, 7) is 4.36. The van der Waals surface area contributed by atoms with Gasteiger partial charge in [0.2, 0.25) is 15.9 Å². The Morgan fingerprint density at radius 2 is 2.00 bits per heavy atom. The summed E-state index contributed by atoms with van der Waals surface area (Å²) in [4.78, 5) is 11.5. The Labute approximate surface area is 119 Å². The molecule has 1 aromatic carbocycles. The fraction of sp³-hybridized carbons (Fsp3) is 0.462. The van der Waals surface area contributed by atoms with E-state index in [1.807, 2.05) is 6.92 Å². The van der Waals surface area contributed by atoms with Crippen molar-refractivity contribution in [1.82, 2.24) is 10.0 Å². The average Bonchev–Trinajstić information content (AvgIpc) is 2.39. The van der Waals surface area contributed by atoms with Crippen LogP contribution in [-0.4, -0.2) is 27.4 Å². The second kappa shape index (κ2) is 7.25. The van der Waals surface area contributed by atoms with E-state index in [9.17, 15) is 13.2 Å². The van der Waals surface area contributed by atoms with Crippen LogP contribution in [0.2, 0.25) is 0 Å². The van der Waals surface area contributed by atoms with Gasteiger partial charge in [0, 0.05) is 25.2 Å². The van der Waals surface area contributed by atoms with Crippen LogP contribution in [0.3, 0.4) is 0 Å². The van der Waals surface area contributed by atoms with Crippen molar-refractivity contribution in [3.8, 4) is 0 Å². The number of hydrogen-bond acceptors (Lipinski definition) is 4. The second-order valence-electron chi connectivity index (χ2n) is 4.52. The summed E-state index contributed by atoms with van der Waals surface area (Å²) in [5.74, 6) is -0.164. The van der Waals surface area contributed by atoms with Crippen LogP contribution in [-0.2, 0) is 14.8 Å². The molecule has 4 N–H and O–H groups in total. The molecular weight excluding hydrogens is 278 g/mol. The number of hydrogen-bond donors (Lipinski definition) is 3. The summed E-state index contributed by atoms with van der Waals surface area (Å²) in [6.07, 6.45) is 0.968. The Hall–Kier alpha value is -1.60. The van der Waals surface area contributed by atoms with E-state index in [-0.39, 0.29) is 23.8 Å². The van der Waals surface area contributed by atoms with Crippen molar-refractivity contribution in [2.24, 2.45) is 0 Å². The minimum atomic E-state index is -3.60. The predicted octanol–water partition coefficient (Wildman–Crippen LogP) is 0.772. The molecule has 0 heterocycles. The van der Waals surface area contributed by atoms with Gasteiger partial charge in [-0.25, -0.2) is 13.1 Å². The lowest BCUT2D eigenvalue weighted by Gasteiger charge is -2.08. The van der Waals surface area contributed by atoms with Gasteiger partial charge in [0.1, 0.15) is 0 Å². The highest BCUT2D eigenvalue weighted by molar-refractivity contribution is 7.89. The van der Waals surface area contributed by atoms with Crippen LogP contribution in [0.25, 0.3) is 0 Å². The summed E-state index contributed by atoms with van der Waals surface area (Å²) in [6, 6.07) is 4.51. The van der Waals surface area contributed by atoms with E-state index in [2.05, 4.69) is 10.0 Å². The molecule has 0 aliphatic carbocycles. The highest BCUT2D eigenvalue weighted by Gasteiger charge is 2.14. The van der Waals surface area contributed by atoms with Crippen molar-refractivity contribution in [2.45, 2.75) is 31.6 Å². The van der Waals surface area contributed by atoms with E-state index < -0.39 is 10.0 Å². The molecule has 0 bridgehead atoms. The topological polar surface area (TPSA) is 101 Å². The molecule has 0 spiro atoms. The molecule has 0 saturated heterocycles. The van der Waals surface area contributed by atoms with Gasteiger partial charge in [-0.05, 0) is 37.1 Å². The molecule has 1 amide bonds. The molecule has 0 aliphatic heterocycles. The van der Waals surface area contributed by atoms with Crippen LogP contribution in [0.5, 0.6) is 0 Å². The van der Waals surface area contributed by atoms with E-state index in [0.29, 0.717) is 17.8 Å². The van der Waals surface area contributed by atoms with Gasteiger partial charge in [-0.1, -0.05) is 6.92 Å². The number of nitrogen functional groups attached to an aromatic ring is 1.